The second-order valence-corrected chi connectivity index (χ2v) is 7.59. The Morgan fingerprint density at radius 1 is 1.00 bits per heavy atom. The fourth-order valence-corrected chi connectivity index (χ4v) is 4.38. The van der Waals surface area contributed by atoms with Crippen LogP contribution in [0.3, 0.4) is 0 Å². The molecule has 1 aromatic heterocycles. The Hall–Kier alpha value is -2.56. The summed E-state index contributed by atoms with van der Waals surface area (Å²) in [7, 11) is 0. The van der Waals surface area contributed by atoms with Crippen LogP contribution in [-0.4, -0.2) is 47.3 Å². The first-order chi connectivity index (χ1) is 13.2. The summed E-state index contributed by atoms with van der Waals surface area (Å²) in [4.78, 5) is 29.6. The zero-order chi connectivity index (χ0) is 18.6. The van der Waals surface area contributed by atoms with E-state index in [4.69, 9.17) is 4.42 Å². The van der Waals surface area contributed by atoms with Gasteiger partial charge in [0.2, 0.25) is 5.91 Å². The van der Waals surface area contributed by atoms with E-state index in [-0.39, 0.29) is 23.8 Å². The number of carbonyl (C=O) groups is 2. The van der Waals surface area contributed by atoms with Crippen molar-refractivity contribution in [3.05, 3.63) is 60.1 Å². The quantitative estimate of drug-likeness (QED) is 0.834. The molecule has 142 valence electrons. The highest BCUT2D eigenvalue weighted by molar-refractivity contribution is 5.92. The zero-order valence-electron chi connectivity index (χ0n) is 15.5. The van der Waals surface area contributed by atoms with Gasteiger partial charge in [0.15, 0.2) is 5.76 Å². The number of hydrogen-bond donors (Lipinski definition) is 0. The summed E-state index contributed by atoms with van der Waals surface area (Å²) in [6, 6.07) is 14.1. The lowest BCUT2D eigenvalue weighted by Gasteiger charge is -2.35. The maximum atomic E-state index is 13.2. The van der Waals surface area contributed by atoms with Crippen LogP contribution in [-0.2, 0) is 11.2 Å². The van der Waals surface area contributed by atoms with E-state index in [2.05, 4.69) is 29.2 Å². The van der Waals surface area contributed by atoms with Gasteiger partial charge in [0.1, 0.15) is 0 Å². The number of carbonyl (C=O) groups excluding carboxylic acids is 2. The van der Waals surface area contributed by atoms with Crippen molar-refractivity contribution in [3.8, 4) is 0 Å². The van der Waals surface area contributed by atoms with Crippen molar-refractivity contribution in [2.75, 3.05) is 19.6 Å². The number of benzene rings is 1. The average molecular weight is 366 g/mol. The average Bonchev–Trinajstić information content (AvgIpc) is 3.40. The van der Waals surface area contributed by atoms with Gasteiger partial charge in [-0.1, -0.05) is 30.3 Å². The van der Waals surface area contributed by atoms with Gasteiger partial charge < -0.3 is 14.2 Å². The van der Waals surface area contributed by atoms with Crippen molar-refractivity contribution in [1.82, 2.24) is 9.80 Å². The lowest BCUT2D eigenvalue weighted by molar-refractivity contribution is -0.137. The predicted molar refractivity (Wildman–Crippen MR) is 102 cm³/mol. The molecule has 5 heteroatoms. The highest BCUT2D eigenvalue weighted by Crippen LogP contribution is 2.27. The minimum Gasteiger partial charge on any atom is -0.459 e. The third kappa shape index (κ3) is 3.92. The molecular formula is C22H26N2O3. The summed E-state index contributed by atoms with van der Waals surface area (Å²) in [6.45, 7) is 2.02. The number of rotatable bonds is 4. The Kier molecular flexibility index (Phi) is 5.28. The molecule has 0 spiro atoms. The number of piperidine rings is 1. The zero-order valence-corrected chi connectivity index (χ0v) is 15.5. The van der Waals surface area contributed by atoms with Crippen LogP contribution in [0.4, 0.5) is 0 Å². The first-order valence-corrected chi connectivity index (χ1v) is 9.89. The van der Waals surface area contributed by atoms with Gasteiger partial charge in [0.25, 0.3) is 5.91 Å². The van der Waals surface area contributed by atoms with E-state index >= 15 is 0 Å². The smallest absolute Gasteiger partial charge is 0.289 e. The van der Waals surface area contributed by atoms with Crippen molar-refractivity contribution >= 4 is 11.8 Å². The van der Waals surface area contributed by atoms with Crippen LogP contribution < -0.4 is 0 Å². The van der Waals surface area contributed by atoms with E-state index in [1.165, 1.54) is 11.8 Å². The van der Waals surface area contributed by atoms with Gasteiger partial charge in [-0.05, 0) is 49.8 Å². The van der Waals surface area contributed by atoms with Gasteiger partial charge in [0.05, 0.1) is 12.2 Å². The fourth-order valence-electron chi connectivity index (χ4n) is 4.38. The molecule has 0 bridgehead atoms. The van der Waals surface area contributed by atoms with Crippen LogP contribution in [0.2, 0.25) is 0 Å². The highest BCUT2D eigenvalue weighted by Gasteiger charge is 2.36. The van der Waals surface area contributed by atoms with E-state index in [0.717, 1.165) is 38.6 Å². The van der Waals surface area contributed by atoms with Crippen molar-refractivity contribution in [2.24, 2.45) is 5.92 Å². The second kappa shape index (κ2) is 7.99. The highest BCUT2D eigenvalue weighted by atomic mass is 16.3. The Labute approximate surface area is 159 Å². The predicted octanol–water partition coefficient (Wildman–Crippen LogP) is 3.37. The molecule has 0 aliphatic carbocycles. The van der Waals surface area contributed by atoms with Gasteiger partial charge in [-0.2, -0.15) is 0 Å². The molecule has 2 amide bonds. The number of amides is 2. The molecule has 2 unspecified atom stereocenters. The Morgan fingerprint density at radius 3 is 2.59 bits per heavy atom. The number of hydrogen-bond acceptors (Lipinski definition) is 3. The molecule has 4 rings (SSSR count). The van der Waals surface area contributed by atoms with Crippen LogP contribution in [0, 0.1) is 5.92 Å². The molecular weight excluding hydrogens is 340 g/mol. The maximum Gasteiger partial charge on any atom is 0.289 e. The van der Waals surface area contributed by atoms with E-state index in [0.29, 0.717) is 18.8 Å². The van der Waals surface area contributed by atoms with Gasteiger partial charge in [-0.15, -0.1) is 0 Å². The van der Waals surface area contributed by atoms with Gasteiger partial charge in [0, 0.05) is 25.7 Å². The molecule has 2 saturated heterocycles. The normalized spacial score (nSPS) is 22.8. The second-order valence-electron chi connectivity index (χ2n) is 7.59. The van der Waals surface area contributed by atoms with Crippen LogP contribution in [0.5, 0.6) is 0 Å². The molecule has 5 nitrogen and oxygen atoms in total. The summed E-state index contributed by atoms with van der Waals surface area (Å²) in [5, 5.41) is 0. The van der Waals surface area contributed by atoms with E-state index in [1.807, 2.05) is 6.07 Å². The Morgan fingerprint density at radius 2 is 1.81 bits per heavy atom. The number of nitrogens with zero attached hydrogens (tertiary/aromatic N) is 2. The lowest BCUT2D eigenvalue weighted by atomic mass is 9.95. The van der Waals surface area contributed by atoms with E-state index in [1.54, 1.807) is 17.0 Å². The molecule has 2 aromatic rings. The molecule has 2 fully saturated rings. The molecule has 0 N–H and O–H groups in total. The van der Waals surface area contributed by atoms with Crippen molar-refractivity contribution in [2.45, 2.75) is 38.1 Å². The lowest BCUT2D eigenvalue weighted by Crippen LogP contribution is -2.48. The van der Waals surface area contributed by atoms with Crippen LogP contribution in [0.1, 0.15) is 41.8 Å². The van der Waals surface area contributed by atoms with Crippen molar-refractivity contribution in [3.63, 3.8) is 0 Å². The molecule has 1 aromatic carbocycles. The monoisotopic (exact) mass is 366 g/mol. The van der Waals surface area contributed by atoms with Crippen LogP contribution in [0.15, 0.2) is 53.1 Å². The summed E-state index contributed by atoms with van der Waals surface area (Å²) < 4.78 is 5.24. The minimum absolute atomic E-state index is 0.103. The topological polar surface area (TPSA) is 53.8 Å². The number of furan rings is 1. The molecule has 2 aliphatic heterocycles. The summed E-state index contributed by atoms with van der Waals surface area (Å²) in [6.07, 6.45) is 6.26. The maximum absolute atomic E-state index is 13.2. The van der Waals surface area contributed by atoms with Crippen molar-refractivity contribution in [1.29, 1.82) is 0 Å². The summed E-state index contributed by atoms with van der Waals surface area (Å²) >= 11 is 0. The Balaban J connectivity index is 1.41. The molecule has 0 radical (unpaired) electrons. The molecule has 0 saturated carbocycles. The standard InChI is InChI=1S/C22H26N2O3/c25-21(24-13-5-10-19(24)15-17-7-2-1-3-8-17)18-9-4-12-23(16-18)22(26)20-11-6-14-27-20/h1-3,6-8,11,14,18-19H,4-5,9-10,12-13,15-16H2. The fraction of sp³-hybridized carbons (Fsp3) is 0.455. The van der Waals surface area contributed by atoms with Crippen LogP contribution >= 0.6 is 0 Å². The first-order valence-electron chi connectivity index (χ1n) is 9.89. The minimum atomic E-state index is -0.111. The van der Waals surface area contributed by atoms with E-state index in [9.17, 15) is 9.59 Å². The third-order valence-electron chi connectivity index (χ3n) is 5.76. The molecule has 2 aliphatic rings. The molecule has 27 heavy (non-hydrogen) atoms. The molecule has 2 atom stereocenters. The van der Waals surface area contributed by atoms with E-state index < -0.39 is 0 Å². The first kappa shape index (κ1) is 17.8. The third-order valence-corrected chi connectivity index (χ3v) is 5.76. The number of likely N-dealkylation sites (tertiary alicyclic amines) is 2. The van der Waals surface area contributed by atoms with Crippen LogP contribution in [0.25, 0.3) is 0 Å². The largest absolute Gasteiger partial charge is 0.459 e. The van der Waals surface area contributed by atoms with Gasteiger partial charge in [-0.3, -0.25) is 9.59 Å². The Bertz CT molecular complexity index is 772. The summed E-state index contributed by atoms with van der Waals surface area (Å²) in [5.74, 6) is 0.352. The van der Waals surface area contributed by atoms with Gasteiger partial charge in [-0.25, -0.2) is 0 Å². The van der Waals surface area contributed by atoms with Crippen molar-refractivity contribution < 1.29 is 14.0 Å². The van der Waals surface area contributed by atoms with Gasteiger partial charge >= 0.3 is 0 Å². The molecule has 3 heterocycles. The summed E-state index contributed by atoms with van der Waals surface area (Å²) in [5.41, 5.74) is 1.28. The SMILES string of the molecule is O=C(c1ccco1)N1CCCC(C(=O)N2CCCC2Cc2ccccc2)C1.